The first-order valence-corrected chi connectivity index (χ1v) is 12.8. The third-order valence-corrected chi connectivity index (χ3v) is 6.72. The van der Waals surface area contributed by atoms with E-state index in [-0.39, 0.29) is 23.8 Å². The fourth-order valence-electron chi connectivity index (χ4n) is 3.90. The Morgan fingerprint density at radius 3 is 2.29 bits per heavy atom. The van der Waals surface area contributed by atoms with Gasteiger partial charge in [0.2, 0.25) is 5.91 Å². The molecule has 0 aliphatic heterocycles. The summed E-state index contributed by atoms with van der Waals surface area (Å²) in [6.45, 7) is 0.521. The van der Waals surface area contributed by atoms with Crippen molar-refractivity contribution in [1.29, 1.82) is 0 Å². The zero-order chi connectivity index (χ0) is 24.5. The molecule has 1 heterocycles. The average Bonchev–Trinajstić information content (AvgIpc) is 2.86. The van der Waals surface area contributed by atoms with Crippen molar-refractivity contribution >= 4 is 29.3 Å². The number of carbonyl (C=O) groups is 1. The molecule has 7 heteroatoms. The predicted octanol–water partition coefficient (Wildman–Crippen LogP) is 5.60. The molecule has 3 aromatic carbocycles. The number of nitrogens with one attached hydrogen (secondary N) is 2. The van der Waals surface area contributed by atoms with Gasteiger partial charge >= 0.3 is 0 Å². The molecule has 1 amide bonds. The summed E-state index contributed by atoms with van der Waals surface area (Å²) in [6, 6.07) is 29.5. The van der Waals surface area contributed by atoms with Gasteiger partial charge in [0.1, 0.15) is 0 Å². The van der Waals surface area contributed by atoms with E-state index in [2.05, 4.69) is 39.6 Å². The van der Waals surface area contributed by atoms with Crippen LogP contribution in [0, 0.1) is 0 Å². The van der Waals surface area contributed by atoms with Crippen molar-refractivity contribution in [2.75, 3.05) is 6.54 Å². The molecular formula is C28H26ClN3O2S. The Kier molecular flexibility index (Phi) is 8.76. The Balaban J connectivity index is 1.34. The van der Waals surface area contributed by atoms with E-state index < -0.39 is 0 Å². The van der Waals surface area contributed by atoms with Crippen LogP contribution in [0.2, 0.25) is 5.02 Å². The number of rotatable bonds is 10. The van der Waals surface area contributed by atoms with Gasteiger partial charge in [-0.05, 0) is 35.2 Å². The Bertz CT molecular complexity index is 1270. The third kappa shape index (κ3) is 7.57. The number of hydrogen-bond acceptors (Lipinski definition) is 4. The number of aromatic amines is 1. The second-order valence-corrected chi connectivity index (χ2v) is 9.55. The second-order valence-electron chi connectivity index (χ2n) is 8.15. The van der Waals surface area contributed by atoms with E-state index in [0.717, 1.165) is 12.0 Å². The normalized spacial score (nSPS) is 10.9. The lowest BCUT2D eigenvalue weighted by Gasteiger charge is -2.18. The molecule has 2 N–H and O–H groups in total. The van der Waals surface area contributed by atoms with Crippen LogP contribution >= 0.6 is 23.4 Å². The molecule has 0 saturated heterocycles. The lowest BCUT2D eigenvalue weighted by atomic mass is 9.88. The molecule has 0 radical (unpaired) electrons. The number of H-pyrrole nitrogens is 1. The molecule has 4 aromatic rings. The molecule has 0 bridgehead atoms. The van der Waals surface area contributed by atoms with Crippen LogP contribution in [0.5, 0.6) is 0 Å². The summed E-state index contributed by atoms with van der Waals surface area (Å²) in [5.41, 5.74) is 3.63. The van der Waals surface area contributed by atoms with Gasteiger partial charge in [-0.1, -0.05) is 96.2 Å². The van der Waals surface area contributed by atoms with Crippen molar-refractivity contribution < 1.29 is 4.79 Å². The molecule has 0 aliphatic rings. The molecule has 0 unspecified atom stereocenters. The van der Waals surface area contributed by atoms with E-state index in [1.807, 2.05) is 60.7 Å². The summed E-state index contributed by atoms with van der Waals surface area (Å²) in [4.78, 5) is 31.9. The number of halogens is 1. The number of benzene rings is 3. The Labute approximate surface area is 214 Å². The summed E-state index contributed by atoms with van der Waals surface area (Å²) in [7, 11) is 0. The number of nitrogens with zero attached hydrogens (tertiary/aromatic N) is 1. The minimum Gasteiger partial charge on any atom is -0.356 e. The zero-order valence-electron chi connectivity index (χ0n) is 19.1. The largest absolute Gasteiger partial charge is 0.356 e. The summed E-state index contributed by atoms with van der Waals surface area (Å²) in [5, 5.41) is 4.14. The first-order chi connectivity index (χ1) is 17.1. The highest BCUT2D eigenvalue weighted by Crippen LogP contribution is 2.27. The van der Waals surface area contributed by atoms with Gasteiger partial charge in [0.15, 0.2) is 5.16 Å². The highest BCUT2D eigenvalue weighted by atomic mass is 35.5. The highest BCUT2D eigenvalue weighted by molar-refractivity contribution is 7.98. The molecule has 4 rings (SSSR count). The molecule has 35 heavy (non-hydrogen) atoms. The van der Waals surface area contributed by atoms with Gasteiger partial charge in [0.25, 0.3) is 5.56 Å². The molecular weight excluding hydrogens is 478 g/mol. The standard InChI is InChI=1S/C28H26ClN3O2S/c29-23-13-7-8-20(16-23)19-35-28-31-24(18-27(34)32-28)17-26(33)30-15-14-25(21-9-3-1-4-10-21)22-11-5-2-6-12-22/h1-13,16,18,25H,14-15,17,19H2,(H,30,33)(H,31,32,34). The summed E-state index contributed by atoms with van der Waals surface area (Å²) in [6.07, 6.45) is 0.819. The molecule has 0 atom stereocenters. The molecule has 1 aromatic heterocycles. The van der Waals surface area contributed by atoms with Gasteiger partial charge in [-0.3, -0.25) is 9.59 Å². The van der Waals surface area contributed by atoms with Gasteiger partial charge in [0, 0.05) is 29.3 Å². The Morgan fingerprint density at radius 2 is 1.63 bits per heavy atom. The quantitative estimate of drug-likeness (QED) is 0.218. The second kappa shape index (κ2) is 12.4. The minimum absolute atomic E-state index is 0.0516. The van der Waals surface area contributed by atoms with Crippen LogP contribution in [0.4, 0.5) is 0 Å². The topological polar surface area (TPSA) is 74.8 Å². The van der Waals surface area contributed by atoms with Gasteiger partial charge in [0.05, 0.1) is 12.1 Å². The van der Waals surface area contributed by atoms with Gasteiger partial charge in [-0.15, -0.1) is 0 Å². The van der Waals surface area contributed by atoms with Crippen LogP contribution in [0.15, 0.2) is 101 Å². The van der Waals surface area contributed by atoms with Crippen LogP contribution in [-0.2, 0) is 17.0 Å². The van der Waals surface area contributed by atoms with E-state index in [1.165, 1.54) is 29.0 Å². The van der Waals surface area contributed by atoms with Crippen molar-refractivity contribution in [3.63, 3.8) is 0 Å². The fraction of sp³-hybridized carbons (Fsp3) is 0.179. The smallest absolute Gasteiger partial charge is 0.251 e. The first kappa shape index (κ1) is 24.8. The minimum atomic E-state index is -0.274. The lowest BCUT2D eigenvalue weighted by molar-refractivity contribution is -0.120. The number of amides is 1. The molecule has 178 valence electrons. The number of thioether (sulfide) groups is 1. The van der Waals surface area contributed by atoms with Crippen molar-refractivity contribution in [3.8, 4) is 0 Å². The highest BCUT2D eigenvalue weighted by Gasteiger charge is 2.15. The lowest BCUT2D eigenvalue weighted by Crippen LogP contribution is -2.28. The monoisotopic (exact) mass is 503 g/mol. The maximum Gasteiger partial charge on any atom is 0.251 e. The van der Waals surface area contributed by atoms with Crippen LogP contribution in [0.1, 0.15) is 34.7 Å². The van der Waals surface area contributed by atoms with Crippen molar-refractivity contribution in [3.05, 3.63) is 129 Å². The van der Waals surface area contributed by atoms with E-state index in [1.54, 1.807) is 0 Å². The fourth-order valence-corrected chi connectivity index (χ4v) is 4.95. The van der Waals surface area contributed by atoms with Crippen molar-refractivity contribution in [2.45, 2.75) is 29.7 Å². The Morgan fingerprint density at radius 1 is 0.943 bits per heavy atom. The van der Waals surface area contributed by atoms with Crippen molar-refractivity contribution in [2.24, 2.45) is 0 Å². The van der Waals surface area contributed by atoms with Gasteiger partial charge < -0.3 is 10.3 Å². The van der Waals surface area contributed by atoms with Gasteiger partial charge in [-0.2, -0.15) is 0 Å². The van der Waals surface area contributed by atoms with Crippen LogP contribution in [0.25, 0.3) is 0 Å². The summed E-state index contributed by atoms with van der Waals surface area (Å²) >= 11 is 7.44. The van der Waals surface area contributed by atoms with Gasteiger partial charge in [-0.25, -0.2) is 4.98 Å². The summed E-state index contributed by atoms with van der Waals surface area (Å²) < 4.78 is 0. The number of carbonyl (C=O) groups excluding carboxylic acids is 1. The van der Waals surface area contributed by atoms with E-state index in [9.17, 15) is 9.59 Å². The number of aromatic nitrogens is 2. The SMILES string of the molecule is O=C(Cc1cc(=O)[nH]c(SCc2cccc(Cl)c2)n1)NCCC(c1ccccc1)c1ccccc1. The first-order valence-electron chi connectivity index (χ1n) is 11.4. The van der Waals surface area contributed by atoms with Crippen LogP contribution in [-0.4, -0.2) is 22.4 Å². The zero-order valence-corrected chi connectivity index (χ0v) is 20.7. The van der Waals surface area contributed by atoms with Crippen LogP contribution < -0.4 is 10.9 Å². The molecule has 0 fully saturated rings. The maximum atomic E-state index is 12.6. The molecule has 0 saturated carbocycles. The van der Waals surface area contributed by atoms with E-state index in [4.69, 9.17) is 11.6 Å². The molecule has 0 aliphatic carbocycles. The Hall–Kier alpha value is -3.35. The summed E-state index contributed by atoms with van der Waals surface area (Å²) in [5.74, 6) is 0.637. The van der Waals surface area contributed by atoms with E-state index >= 15 is 0 Å². The van der Waals surface area contributed by atoms with E-state index in [0.29, 0.717) is 28.2 Å². The van der Waals surface area contributed by atoms with Crippen LogP contribution in [0.3, 0.4) is 0 Å². The molecule has 5 nitrogen and oxygen atoms in total. The van der Waals surface area contributed by atoms with Crippen molar-refractivity contribution in [1.82, 2.24) is 15.3 Å². The third-order valence-electron chi connectivity index (χ3n) is 5.54. The maximum absolute atomic E-state index is 12.6. The average molecular weight is 504 g/mol. The predicted molar refractivity (Wildman–Crippen MR) is 142 cm³/mol. The number of hydrogen-bond donors (Lipinski definition) is 2. The molecule has 0 spiro atoms.